The van der Waals surface area contributed by atoms with E-state index in [1.54, 1.807) is 12.1 Å². The minimum Gasteiger partial charge on any atom is -0.488 e. The first-order valence-electron chi connectivity index (χ1n) is 7.17. The van der Waals surface area contributed by atoms with Crippen LogP contribution in [0.1, 0.15) is 6.42 Å². The van der Waals surface area contributed by atoms with Gasteiger partial charge in [-0.15, -0.1) is 0 Å². The molecule has 1 unspecified atom stereocenters. The van der Waals surface area contributed by atoms with Crippen LogP contribution in [0.3, 0.4) is 0 Å². The summed E-state index contributed by atoms with van der Waals surface area (Å²) < 4.78 is 34.0. The van der Waals surface area contributed by atoms with Crippen molar-refractivity contribution in [1.82, 2.24) is 0 Å². The molecule has 0 bridgehead atoms. The molecule has 0 aliphatic carbocycles. The van der Waals surface area contributed by atoms with Crippen molar-refractivity contribution in [2.24, 2.45) is 0 Å². The highest BCUT2D eigenvalue weighted by atomic mass is 32.2. The van der Waals surface area contributed by atoms with Crippen molar-refractivity contribution in [2.75, 3.05) is 19.5 Å². The van der Waals surface area contributed by atoms with E-state index in [2.05, 4.69) is 0 Å². The summed E-state index contributed by atoms with van der Waals surface area (Å²) in [4.78, 5) is 0.331. The van der Waals surface area contributed by atoms with E-state index >= 15 is 0 Å². The lowest BCUT2D eigenvalue weighted by Gasteiger charge is -2.12. The molecule has 1 aliphatic rings. The molecule has 1 saturated heterocycles. The van der Waals surface area contributed by atoms with Crippen LogP contribution in [0.2, 0.25) is 0 Å². The molecular weight excluding hydrogens is 300 g/mol. The van der Waals surface area contributed by atoms with Crippen molar-refractivity contribution < 1.29 is 17.9 Å². The van der Waals surface area contributed by atoms with Crippen LogP contribution in [-0.4, -0.2) is 34.0 Å². The van der Waals surface area contributed by atoms with Gasteiger partial charge in [0.05, 0.1) is 18.1 Å². The lowest BCUT2D eigenvalue weighted by molar-refractivity contribution is 0.141. The number of sulfone groups is 1. The van der Waals surface area contributed by atoms with E-state index in [1.807, 2.05) is 36.4 Å². The number of ether oxygens (including phenoxy) is 2. The molecule has 0 saturated carbocycles. The Morgan fingerprint density at radius 2 is 1.59 bits per heavy atom. The predicted octanol–water partition coefficient (Wildman–Crippen LogP) is 2.92. The van der Waals surface area contributed by atoms with Crippen LogP contribution in [0, 0.1) is 0 Å². The zero-order valence-electron chi connectivity index (χ0n) is 12.4. The smallest absolute Gasteiger partial charge is 0.175 e. The van der Waals surface area contributed by atoms with E-state index < -0.39 is 9.84 Å². The quantitative estimate of drug-likeness (QED) is 0.870. The summed E-state index contributed by atoms with van der Waals surface area (Å²) >= 11 is 0. The van der Waals surface area contributed by atoms with Crippen LogP contribution in [0.25, 0.3) is 11.1 Å². The van der Waals surface area contributed by atoms with Crippen molar-refractivity contribution in [3.63, 3.8) is 0 Å². The highest BCUT2D eigenvalue weighted by molar-refractivity contribution is 7.90. The summed E-state index contributed by atoms with van der Waals surface area (Å²) in [5.74, 6) is 0.826. The van der Waals surface area contributed by atoms with E-state index in [-0.39, 0.29) is 6.10 Å². The van der Waals surface area contributed by atoms with Crippen molar-refractivity contribution in [3.05, 3.63) is 48.5 Å². The molecule has 2 aromatic rings. The highest BCUT2D eigenvalue weighted by Gasteiger charge is 2.17. The number of hydrogen-bond acceptors (Lipinski definition) is 4. The topological polar surface area (TPSA) is 52.6 Å². The van der Waals surface area contributed by atoms with Crippen LogP contribution in [0.15, 0.2) is 53.4 Å². The Kier molecular flexibility index (Phi) is 4.18. The lowest BCUT2D eigenvalue weighted by Crippen LogP contribution is -2.15. The second kappa shape index (κ2) is 6.10. The SMILES string of the molecule is CS(=O)(=O)c1ccc(-c2ccc(OC3CCOC3)cc2)cc1. The first-order valence-corrected chi connectivity index (χ1v) is 9.06. The fourth-order valence-electron chi connectivity index (χ4n) is 2.42. The van der Waals surface area contributed by atoms with E-state index in [0.717, 1.165) is 29.9 Å². The summed E-state index contributed by atoms with van der Waals surface area (Å²) in [6.07, 6.45) is 2.27. The third kappa shape index (κ3) is 3.48. The van der Waals surface area contributed by atoms with Crippen LogP contribution >= 0.6 is 0 Å². The summed E-state index contributed by atoms with van der Waals surface area (Å²) in [6, 6.07) is 14.7. The molecule has 0 aromatic heterocycles. The van der Waals surface area contributed by atoms with Gasteiger partial charge in [0.1, 0.15) is 11.9 Å². The maximum Gasteiger partial charge on any atom is 0.175 e. The minimum atomic E-state index is -3.15. The molecule has 0 N–H and O–H groups in total. The molecule has 1 atom stereocenters. The third-order valence-electron chi connectivity index (χ3n) is 3.66. The van der Waals surface area contributed by atoms with Gasteiger partial charge in [0.25, 0.3) is 0 Å². The van der Waals surface area contributed by atoms with E-state index in [0.29, 0.717) is 11.5 Å². The first kappa shape index (κ1) is 15.1. The summed E-state index contributed by atoms with van der Waals surface area (Å²) in [7, 11) is -3.15. The Balaban J connectivity index is 1.74. The Labute approximate surface area is 130 Å². The van der Waals surface area contributed by atoms with Crippen molar-refractivity contribution in [3.8, 4) is 16.9 Å². The van der Waals surface area contributed by atoms with Gasteiger partial charge in [0.15, 0.2) is 9.84 Å². The Morgan fingerprint density at radius 3 is 2.09 bits per heavy atom. The molecule has 5 heteroatoms. The summed E-state index contributed by atoms with van der Waals surface area (Å²) in [5.41, 5.74) is 2.00. The Morgan fingerprint density at radius 1 is 1.00 bits per heavy atom. The van der Waals surface area contributed by atoms with Crippen LogP contribution in [0.4, 0.5) is 0 Å². The molecule has 2 aromatic carbocycles. The van der Waals surface area contributed by atoms with Gasteiger partial charge >= 0.3 is 0 Å². The highest BCUT2D eigenvalue weighted by Crippen LogP contribution is 2.25. The number of hydrogen-bond donors (Lipinski definition) is 0. The molecule has 22 heavy (non-hydrogen) atoms. The van der Waals surface area contributed by atoms with Crippen molar-refractivity contribution in [2.45, 2.75) is 17.4 Å². The normalized spacial score (nSPS) is 18.3. The standard InChI is InChI=1S/C17H18O4S/c1-22(18,19)17-8-4-14(5-9-17)13-2-6-15(7-3-13)21-16-10-11-20-12-16/h2-9,16H,10-12H2,1H3. The molecule has 0 amide bonds. The van der Waals surface area contributed by atoms with Crippen LogP contribution in [-0.2, 0) is 14.6 Å². The van der Waals surface area contributed by atoms with Crippen molar-refractivity contribution >= 4 is 9.84 Å². The largest absolute Gasteiger partial charge is 0.488 e. The summed E-state index contributed by atoms with van der Waals surface area (Å²) in [5, 5.41) is 0. The van der Waals surface area contributed by atoms with Gasteiger partial charge in [-0.3, -0.25) is 0 Å². The fourth-order valence-corrected chi connectivity index (χ4v) is 3.05. The van der Waals surface area contributed by atoms with E-state index in [1.165, 1.54) is 6.26 Å². The second-order valence-electron chi connectivity index (χ2n) is 5.42. The zero-order valence-corrected chi connectivity index (χ0v) is 13.2. The van der Waals surface area contributed by atoms with Crippen molar-refractivity contribution in [1.29, 1.82) is 0 Å². The minimum absolute atomic E-state index is 0.139. The van der Waals surface area contributed by atoms with Crippen LogP contribution in [0.5, 0.6) is 5.75 Å². The summed E-state index contributed by atoms with van der Waals surface area (Å²) in [6.45, 7) is 1.41. The third-order valence-corrected chi connectivity index (χ3v) is 4.79. The average molecular weight is 318 g/mol. The van der Waals surface area contributed by atoms with E-state index in [4.69, 9.17) is 9.47 Å². The predicted molar refractivity (Wildman–Crippen MR) is 84.8 cm³/mol. The van der Waals surface area contributed by atoms with E-state index in [9.17, 15) is 8.42 Å². The zero-order chi connectivity index (χ0) is 15.6. The first-order chi connectivity index (χ1) is 10.5. The Hall–Kier alpha value is -1.85. The molecular formula is C17H18O4S. The van der Waals surface area contributed by atoms with Crippen LogP contribution < -0.4 is 4.74 Å². The number of rotatable bonds is 4. The maximum absolute atomic E-state index is 11.5. The molecule has 1 heterocycles. The molecule has 4 nitrogen and oxygen atoms in total. The maximum atomic E-state index is 11.5. The van der Waals surface area contributed by atoms with Gasteiger partial charge in [0.2, 0.25) is 0 Å². The Bertz CT molecular complexity index is 727. The number of benzene rings is 2. The fraction of sp³-hybridized carbons (Fsp3) is 0.294. The molecule has 1 aliphatic heterocycles. The van der Waals surface area contributed by atoms with Gasteiger partial charge in [-0.25, -0.2) is 8.42 Å². The molecule has 116 valence electrons. The molecule has 1 fully saturated rings. The average Bonchev–Trinajstić information content (AvgIpc) is 3.00. The molecule has 0 spiro atoms. The van der Waals surface area contributed by atoms with Gasteiger partial charge in [-0.2, -0.15) is 0 Å². The van der Waals surface area contributed by atoms with Gasteiger partial charge in [-0.05, 0) is 35.4 Å². The lowest BCUT2D eigenvalue weighted by atomic mass is 10.1. The van der Waals surface area contributed by atoms with Gasteiger partial charge in [-0.1, -0.05) is 24.3 Å². The second-order valence-corrected chi connectivity index (χ2v) is 7.44. The molecule has 0 radical (unpaired) electrons. The monoisotopic (exact) mass is 318 g/mol. The van der Waals surface area contributed by atoms with Gasteiger partial charge in [0, 0.05) is 12.7 Å². The molecule has 3 rings (SSSR count). The van der Waals surface area contributed by atoms with Gasteiger partial charge < -0.3 is 9.47 Å².